The Kier molecular flexibility index (Phi) is 7.63. The summed E-state index contributed by atoms with van der Waals surface area (Å²) in [6.45, 7) is 11.2. The van der Waals surface area contributed by atoms with Crippen molar-refractivity contribution in [2.75, 3.05) is 29.4 Å². The Hall–Kier alpha value is -3.64. The van der Waals surface area contributed by atoms with Crippen LogP contribution in [0.1, 0.15) is 35.0 Å². The van der Waals surface area contributed by atoms with Crippen molar-refractivity contribution in [2.45, 2.75) is 40.2 Å². The topological polar surface area (TPSA) is 92.2 Å². The Morgan fingerprint density at radius 3 is 2.31 bits per heavy atom. The van der Waals surface area contributed by atoms with Gasteiger partial charge in [0.15, 0.2) is 5.82 Å². The van der Waals surface area contributed by atoms with Crippen LogP contribution in [0.15, 0.2) is 42.7 Å². The lowest BCUT2D eigenvalue weighted by molar-refractivity contribution is -0.191. The molecule has 0 radical (unpaired) electrons. The van der Waals surface area contributed by atoms with E-state index in [1.807, 2.05) is 25.4 Å². The highest BCUT2D eigenvalue weighted by Gasteiger charge is 2.27. The summed E-state index contributed by atoms with van der Waals surface area (Å²) < 4.78 is 0. The minimum absolute atomic E-state index is 0.250. The fourth-order valence-corrected chi connectivity index (χ4v) is 3.92. The second kappa shape index (κ2) is 10.6. The van der Waals surface area contributed by atoms with E-state index < -0.39 is 0 Å². The molecule has 1 fully saturated rings. The number of aryl methyl sites for hydroxylation is 1. The van der Waals surface area contributed by atoms with Crippen LogP contribution in [0.25, 0.3) is 0 Å². The first kappa shape index (κ1) is 23.0. The van der Waals surface area contributed by atoms with Gasteiger partial charge in [-0.1, -0.05) is 30.3 Å². The molecule has 0 spiro atoms. The molecule has 4 rings (SSSR count). The third-order valence-electron chi connectivity index (χ3n) is 5.80. The summed E-state index contributed by atoms with van der Waals surface area (Å²) in [7, 11) is 0. The van der Waals surface area contributed by atoms with Gasteiger partial charge in [-0.25, -0.2) is 4.98 Å². The van der Waals surface area contributed by atoms with Gasteiger partial charge in [0, 0.05) is 32.1 Å². The molecule has 0 aliphatic carbocycles. The number of nitrogens with zero attached hydrogens (tertiary/aromatic N) is 6. The van der Waals surface area contributed by atoms with E-state index in [0.717, 1.165) is 49.1 Å². The normalized spacial score (nSPS) is 15.6. The first-order valence-corrected chi connectivity index (χ1v) is 10.6. The molecule has 8 nitrogen and oxygen atoms in total. The van der Waals surface area contributed by atoms with Crippen molar-refractivity contribution in [3.8, 4) is 0 Å². The Morgan fingerprint density at radius 1 is 0.969 bits per heavy atom. The number of carbonyl (C=O) groups excluding carboxylic acids is 2. The molecule has 1 aliphatic rings. The minimum atomic E-state index is 0.250. The van der Waals surface area contributed by atoms with Crippen LogP contribution in [0.4, 0.5) is 11.6 Å². The first-order valence-electron chi connectivity index (χ1n) is 10.6. The average molecular weight is 433 g/mol. The SMILES string of the molecule is Cc1cnc(N2CCN(c3nnc(Cc4ccccc4)c(C)c3C)C[C@H]2C)cn1.O=C=O. The smallest absolute Gasteiger partial charge is 0.351 e. The summed E-state index contributed by atoms with van der Waals surface area (Å²) in [5.41, 5.74) is 5.72. The maximum Gasteiger partial charge on any atom is 0.373 e. The summed E-state index contributed by atoms with van der Waals surface area (Å²) in [6, 6.07) is 10.8. The van der Waals surface area contributed by atoms with Crippen LogP contribution in [-0.2, 0) is 16.0 Å². The predicted molar refractivity (Wildman–Crippen MR) is 122 cm³/mol. The molecule has 8 heteroatoms. The number of benzene rings is 1. The molecule has 1 atom stereocenters. The fraction of sp³-hybridized carbons (Fsp3) is 0.375. The number of aromatic nitrogens is 4. The zero-order valence-electron chi connectivity index (χ0n) is 18.9. The highest BCUT2D eigenvalue weighted by molar-refractivity contribution is 5.52. The monoisotopic (exact) mass is 432 g/mol. The van der Waals surface area contributed by atoms with Crippen molar-refractivity contribution in [3.05, 3.63) is 70.8 Å². The molecule has 0 amide bonds. The number of hydrogen-bond donors (Lipinski definition) is 0. The van der Waals surface area contributed by atoms with Crippen LogP contribution in [0.2, 0.25) is 0 Å². The molecule has 3 heterocycles. The van der Waals surface area contributed by atoms with Gasteiger partial charge in [0.25, 0.3) is 0 Å². The van der Waals surface area contributed by atoms with E-state index >= 15 is 0 Å². The van der Waals surface area contributed by atoms with Gasteiger partial charge >= 0.3 is 6.15 Å². The van der Waals surface area contributed by atoms with Crippen molar-refractivity contribution in [2.24, 2.45) is 0 Å². The highest BCUT2D eigenvalue weighted by Crippen LogP contribution is 2.26. The van der Waals surface area contributed by atoms with E-state index in [9.17, 15) is 0 Å². The molecular weight excluding hydrogens is 404 g/mol. The summed E-state index contributed by atoms with van der Waals surface area (Å²) in [4.78, 5) is 29.9. The van der Waals surface area contributed by atoms with E-state index in [-0.39, 0.29) is 6.15 Å². The minimum Gasteiger partial charge on any atom is -0.351 e. The zero-order chi connectivity index (χ0) is 23.1. The Labute approximate surface area is 188 Å². The lowest BCUT2D eigenvalue weighted by atomic mass is 10.0. The lowest BCUT2D eigenvalue weighted by Crippen LogP contribution is -2.53. The quantitative estimate of drug-likeness (QED) is 0.621. The Bertz CT molecular complexity index is 1070. The van der Waals surface area contributed by atoms with Gasteiger partial charge < -0.3 is 9.80 Å². The van der Waals surface area contributed by atoms with Gasteiger partial charge in [-0.15, -0.1) is 5.10 Å². The second-order valence-corrected chi connectivity index (χ2v) is 7.97. The van der Waals surface area contributed by atoms with Crippen molar-refractivity contribution in [3.63, 3.8) is 0 Å². The molecule has 2 aromatic heterocycles. The maximum absolute atomic E-state index is 8.12. The molecule has 3 aromatic rings. The fourth-order valence-electron chi connectivity index (χ4n) is 3.92. The molecule has 0 saturated carbocycles. The standard InChI is InChI=1S/C23H28N6.CO2/c1-16-13-25-22(14-24-16)29-11-10-28(15-17(29)2)23-19(4)18(3)21(26-27-23)12-20-8-6-5-7-9-20;2-1-3/h5-9,13-14,17H,10-12,15H2,1-4H3;/t17-;/m1./s1. The van der Waals surface area contributed by atoms with Crippen molar-refractivity contribution in [1.82, 2.24) is 20.2 Å². The first-order chi connectivity index (χ1) is 15.4. The Morgan fingerprint density at radius 2 is 1.69 bits per heavy atom. The van der Waals surface area contributed by atoms with Gasteiger partial charge in [0.05, 0.1) is 23.8 Å². The third-order valence-corrected chi connectivity index (χ3v) is 5.80. The molecule has 32 heavy (non-hydrogen) atoms. The van der Waals surface area contributed by atoms with E-state index in [1.54, 1.807) is 0 Å². The molecule has 1 aliphatic heterocycles. The van der Waals surface area contributed by atoms with E-state index in [0.29, 0.717) is 6.04 Å². The van der Waals surface area contributed by atoms with Crippen molar-refractivity contribution >= 4 is 17.8 Å². The molecule has 0 bridgehead atoms. The lowest BCUT2D eigenvalue weighted by Gasteiger charge is -2.41. The molecule has 0 unspecified atom stereocenters. The van der Waals surface area contributed by atoms with Gasteiger partial charge in [-0.2, -0.15) is 14.7 Å². The van der Waals surface area contributed by atoms with Crippen molar-refractivity contribution in [1.29, 1.82) is 0 Å². The maximum atomic E-state index is 8.12. The third kappa shape index (κ3) is 5.34. The molecular formula is C24H28N6O2. The van der Waals surface area contributed by atoms with Crippen LogP contribution < -0.4 is 9.80 Å². The number of anilines is 2. The van der Waals surface area contributed by atoms with Crippen LogP contribution in [-0.4, -0.2) is 52.0 Å². The van der Waals surface area contributed by atoms with E-state index in [4.69, 9.17) is 9.59 Å². The summed E-state index contributed by atoms with van der Waals surface area (Å²) in [6.07, 6.45) is 4.77. The number of rotatable bonds is 4. The Balaban J connectivity index is 0.000000913. The van der Waals surface area contributed by atoms with Crippen molar-refractivity contribution < 1.29 is 9.59 Å². The van der Waals surface area contributed by atoms with Gasteiger partial charge in [-0.3, -0.25) is 4.98 Å². The largest absolute Gasteiger partial charge is 0.373 e. The molecule has 1 aromatic carbocycles. The highest BCUT2D eigenvalue weighted by atomic mass is 16.2. The zero-order valence-corrected chi connectivity index (χ0v) is 18.9. The van der Waals surface area contributed by atoms with Crippen LogP contribution in [0, 0.1) is 20.8 Å². The van der Waals surface area contributed by atoms with Crippen LogP contribution >= 0.6 is 0 Å². The van der Waals surface area contributed by atoms with E-state index in [2.05, 4.69) is 75.0 Å². The summed E-state index contributed by atoms with van der Waals surface area (Å²) in [5, 5.41) is 9.23. The van der Waals surface area contributed by atoms with Gasteiger partial charge in [-0.05, 0) is 44.4 Å². The number of hydrogen-bond acceptors (Lipinski definition) is 8. The second-order valence-electron chi connectivity index (χ2n) is 7.97. The van der Waals surface area contributed by atoms with E-state index in [1.165, 1.54) is 16.7 Å². The summed E-state index contributed by atoms with van der Waals surface area (Å²) >= 11 is 0. The molecule has 166 valence electrons. The van der Waals surface area contributed by atoms with Gasteiger partial charge in [0.2, 0.25) is 0 Å². The predicted octanol–water partition coefficient (Wildman–Crippen LogP) is 2.91. The van der Waals surface area contributed by atoms with Crippen LogP contribution in [0.3, 0.4) is 0 Å². The van der Waals surface area contributed by atoms with Gasteiger partial charge in [0.1, 0.15) is 5.82 Å². The van der Waals surface area contributed by atoms with Crippen LogP contribution in [0.5, 0.6) is 0 Å². The molecule has 1 saturated heterocycles. The average Bonchev–Trinajstić information content (AvgIpc) is 2.79. The molecule has 0 N–H and O–H groups in total. The summed E-state index contributed by atoms with van der Waals surface area (Å²) in [5.74, 6) is 1.95. The number of piperazine rings is 1.